The van der Waals surface area contributed by atoms with Crippen LogP contribution in [-0.2, 0) is 20.9 Å². The lowest BCUT2D eigenvalue weighted by Crippen LogP contribution is -3.00. The molecule has 3 aliphatic carbocycles. The lowest BCUT2D eigenvalue weighted by Gasteiger charge is -2.61. The van der Waals surface area contributed by atoms with Gasteiger partial charge in [0.15, 0.2) is 12.4 Å². The maximum absolute atomic E-state index is 13.5. The molecule has 2 bridgehead atoms. The van der Waals surface area contributed by atoms with E-state index in [9.17, 15) is 14.7 Å². The predicted molar refractivity (Wildman–Crippen MR) is 145 cm³/mol. The molecule has 38 heavy (non-hydrogen) atoms. The first kappa shape index (κ1) is 31.2. The van der Waals surface area contributed by atoms with Crippen LogP contribution in [0.25, 0.3) is 0 Å². The maximum Gasteiger partial charge on any atom is 0.316 e. The van der Waals surface area contributed by atoms with Crippen molar-refractivity contribution in [3.8, 4) is 11.8 Å². The monoisotopic (exact) mass is 651 g/mol. The van der Waals surface area contributed by atoms with Crippen LogP contribution >= 0.6 is 11.8 Å². The number of aliphatic hydroxyl groups is 1. The lowest BCUT2D eigenvalue weighted by atomic mass is 9.44. The predicted octanol–water partition coefficient (Wildman–Crippen LogP) is 2.00. The Morgan fingerprint density at radius 1 is 1.29 bits per heavy atom. The van der Waals surface area contributed by atoms with Crippen LogP contribution in [0.5, 0.6) is 0 Å². The van der Waals surface area contributed by atoms with E-state index in [2.05, 4.69) is 39.2 Å². The van der Waals surface area contributed by atoms with Gasteiger partial charge in [-0.25, -0.2) is 0 Å². The molecule has 1 heterocycles. The highest BCUT2D eigenvalue weighted by Gasteiger charge is 2.68. The number of Topliss-reactive ketones (excluding diaryl/α,β-unsaturated/α-hetero) is 1. The van der Waals surface area contributed by atoms with Gasteiger partial charge in [0, 0.05) is 40.2 Å². The van der Waals surface area contributed by atoms with Crippen LogP contribution in [0.3, 0.4) is 0 Å². The average molecular weight is 652 g/mol. The van der Waals surface area contributed by atoms with E-state index in [0.717, 1.165) is 24.2 Å². The highest BCUT2D eigenvalue weighted by atomic mass is 127. The second-order valence-electron chi connectivity index (χ2n) is 12.0. The summed E-state index contributed by atoms with van der Waals surface area (Å²) in [6, 6.07) is 3.96. The average Bonchev–Trinajstić information content (AvgIpc) is 3.25. The number of carbonyl (C=O) groups is 2. The molecule has 7 heteroatoms. The molecule has 0 saturated heterocycles. The fourth-order valence-electron chi connectivity index (χ4n) is 7.65. The Morgan fingerprint density at radius 3 is 2.61 bits per heavy atom. The molecule has 0 radical (unpaired) electrons. The van der Waals surface area contributed by atoms with Gasteiger partial charge < -0.3 is 33.8 Å². The van der Waals surface area contributed by atoms with Crippen LogP contribution in [0, 0.1) is 45.8 Å². The van der Waals surface area contributed by atoms with Crippen molar-refractivity contribution in [2.24, 2.45) is 34.0 Å². The summed E-state index contributed by atoms with van der Waals surface area (Å²) in [5, 5.41) is 11.6. The van der Waals surface area contributed by atoms with E-state index < -0.39 is 23.0 Å². The minimum atomic E-state index is -0.652. The van der Waals surface area contributed by atoms with Crippen LogP contribution in [0.15, 0.2) is 42.1 Å². The number of hydrogen-bond donors (Lipinski definition) is 1. The number of hydrogen-bond acceptors (Lipinski definition) is 5. The van der Waals surface area contributed by atoms with Crippen molar-refractivity contribution in [2.75, 3.05) is 5.75 Å². The van der Waals surface area contributed by atoms with Crippen molar-refractivity contribution in [3.63, 3.8) is 0 Å². The molecule has 8 atom stereocenters. The van der Waals surface area contributed by atoms with Gasteiger partial charge in [0.1, 0.15) is 11.9 Å². The van der Waals surface area contributed by atoms with Crippen LogP contribution in [0.1, 0.15) is 66.7 Å². The Bertz CT molecular complexity index is 1110. The van der Waals surface area contributed by atoms with E-state index in [1.807, 2.05) is 49.0 Å². The third kappa shape index (κ3) is 5.34. The third-order valence-corrected chi connectivity index (χ3v) is 11.2. The molecule has 4 rings (SSSR count). The third-order valence-electron chi connectivity index (χ3n) is 10.2. The summed E-state index contributed by atoms with van der Waals surface area (Å²) in [6.45, 7) is 15.1. The van der Waals surface area contributed by atoms with Crippen molar-refractivity contribution < 1.29 is 48.0 Å². The molecule has 3 fully saturated rings. The number of ether oxygens (including phenoxy) is 1. The first-order valence-electron chi connectivity index (χ1n) is 13.6. The number of nitrogens with zero attached hydrogens (tertiary/aromatic N) is 1. The zero-order valence-corrected chi connectivity index (χ0v) is 26.3. The molecular weight excluding hydrogens is 609 g/mol. The van der Waals surface area contributed by atoms with Crippen molar-refractivity contribution in [2.45, 2.75) is 90.4 Å². The molecule has 1 aromatic rings. The molecular formula is C31H42INO4S. The number of aromatic nitrogens is 1. The van der Waals surface area contributed by atoms with E-state index >= 15 is 0 Å². The summed E-state index contributed by atoms with van der Waals surface area (Å²) in [6.07, 6.45) is 8.34. The highest BCUT2D eigenvalue weighted by molar-refractivity contribution is 8.00. The number of pyridine rings is 1. The van der Waals surface area contributed by atoms with Gasteiger partial charge in [-0.15, -0.1) is 24.3 Å². The van der Waals surface area contributed by atoms with Gasteiger partial charge in [-0.1, -0.05) is 33.8 Å². The van der Waals surface area contributed by atoms with Crippen LogP contribution in [0.2, 0.25) is 0 Å². The maximum atomic E-state index is 13.5. The minimum Gasteiger partial charge on any atom is -1.00 e. The number of rotatable bonds is 6. The zero-order valence-electron chi connectivity index (χ0n) is 23.3. The topological polar surface area (TPSA) is 67.5 Å². The number of carbonyl (C=O) groups excluding carboxylic acids is 2. The van der Waals surface area contributed by atoms with Crippen molar-refractivity contribution in [3.05, 3.63) is 37.2 Å². The van der Waals surface area contributed by atoms with E-state index in [1.54, 1.807) is 0 Å². The summed E-state index contributed by atoms with van der Waals surface area (Å²) in [7, 11) is 0. The number of halogens is 1. The Morgan fingerprint density at radius 2 is 1.97 bits per heavy atom. The smallest absolute Gasteiger partial charge is 0.316 e. The van der Waals surface area contributed by atoms with E-state index in [4.69, 9.17) is 4.74 Å². The fourth-order valence-corrected chi connectivity index (χ4v) is 8.32. The number of esters is 1. The number of ketones is 1. The Labute approximate surface area is 249 Å². The summed E-state index contributed by atoms with van der Waals surface area (Å²) in [5.74, 6) is 6.09. The summed E-state index contributed by atoms with van der Waals surface area (Å²) < 4.78 is 8.32. The SMILES string of the molecule is C=C[C@]1(C)C[C@@H](OC(=O)CSc2cc[n+](CC#CC)cc2)[C@]2(C)[C@H](C)CC[C@]3(CCC(=O)[C@H]32)[C@@H](C)[C@@H]1O.[I-]. The highest BCUT2D eigenvalue weighted by Crippen LogP contribution is 2.68. The van der Waals surface area contributed by atoms with Gasteiger partial charge in [0.2, 0.25) is 6.54 Å². The number of aliphatic hydroxyl groups excluding tert-OH is 1. The van der Waals surface area contributed by atoms with Crippen molar-refractivity contribution in [1.82, 2.24) is 0 Å². The molecule has 208 valence electrons. The van der Waals surface area contributed by atoms with Crippen LogP contribution < -0.4 is 28.5 Å². The van der Waals surface area contributed by atoms with E-state index in [-0.39, 0.29) is 64.7 Å². The molecule has 5 nitrogen and oxygen atoms in total. The van der Waals surface area contributed by atoms with E-state index in [0.29, 0.717) is 19.4 Å². The van der Waals surface area contributed by atoms with Gasteiger partial charge >= 0.3 is 5.97 Å². The molecule has 0 aromatic carbocycles. The van der Waals surface area contributed by atoms with Crippen molar-refractivity contribution >= 4 is 23.5 Å². The molecule has 0 unspecified atom stereocenters. The van der Waals surface area contributed by atoms with Gasteiger partial charge in [-0.3, -0.25) is 9.59 Å². The molecule has 0 amide bonds. The first-order chi connectivity index (χ1) is 17.5. The Hall–Kier alpha value is -1.37. The molecule has 3 aliphatic rings. The Kier molecular flexibility index (Phi) is 9.85. The molecule has 0 aliphatic heterocycles. The quantitative estimate of drug-likeness (QED) is 0.127. The Balaban J connectivity index is 0.00000400. The van der Waals surface area contributed by atoms with Crippen molar-refractivity contribution in [1.29, 1.82) is 0 Å². The van der Waals surface area contributed by atoms with Crippen LogP contribution in [-0.4, -0.2) is 34.8 Å². The summed E-state index contributed by atoms with van der Waals surface area (Å²) >= 11 is 1.45. The van der Waals surface area contributed by atoms with Gasteiger partial charge in [-0.2, -0.15) is 4.57 Å². The minimum absolute atomic E-state index is 0. The van der Waals surface area contributed by atoms with Gasteiger partial charge in [0.25, 0.3) is 0 Å². The molecule has 1 aromatic heterocycles. The zero-order chi connectivity index (χ0) is 27.0. The molecule has 0 spiro atoms. The second kappa shape index (κ2) is 12.0. The normalized spacial score (nSPS) is 37.9. The van der Waals surface area contributed by atoms with Gasteiger partial charge in [0.05, 0.1) is 11.9 Å². The van der Waals surface area contributed by atoms with E-state index in [1.165, 1.54) is 11.8 Å². The largest absolute Gasteiger partial charge is 1.00 e. The standard InChI is InChI=1S/C31H42NO4S.HI/c1-7-9-16-32-17-12-23(13-18-32)37-20-26(34)36-25-19-29(5,8-2)28(35)22(4)31-14-10-21(3)30(25,6)27(31)24(33)11-15-31;/h8,12-13,17-18,21-22,25,27-28,35H,2,10-11,14-16,19-20H2,1,3-6H3;1H/q+1;/p-1/t21-,22+,25-,27+,28+,29-,30+,31+;/m1./s1. The fraction of sp³-hybridized carbons (Fsp3) is 0.645. The summed E-state index contributed by atoms with van der Waals surface area (Å²) in [4.78, 5) is 27.8. The molecule has 1 N–H and O–H groups in total. The van der Waals surface area contributed by atoms with Gasteiger partial charge in [-0.05, 0) is 55.8 Å². The second-order valence-corrected chi connectivity index (χ2v) is 13.0. The molecule has 3 saturated carbocycles. The number of thioether (sulfide) groups is 1. The van der Waals surface area contributed by atoms with Crippen LogP contribution in [0.4, 0.5) is 0 Å². The first-order valence-corrected chi connectivity index (χ1v) is 14.6. The summed E-state index contributed by atoms with van der Waals surface area (Å²) in [5.41, 5.74) is -1.36. The lowest BCUT2D eigenvalue weighted by molar-refractivity contribution is -0.685.